The van der Waals surface area contributed by atoms with Crippen molar-refractivity contribution in [2.45, 2.75) is 32.8 Å². The summed E-state index contributed by atoms with van der Waals surface area (Å²) >= 11 is 1.34. The van der Waals surface area contributed by atoms with Gasteiger partial charge in [0.2, 0.25) is 0 Å². The van der Waals surface area contributed by atoms with Crippen LogP contribution in [0.5, 0.6) is 5.75 Å². The van der Waals surface area contributed by atoms with Gasteiger partial charge in [-0.05, 0) is 24.3 Å². The summed E-state index contributed by atoms with van der Waals surface area (Å²) in [5.74, 6) is 0.283. The van der Waals surface area contributed by atoms with E-state index in [1.807, 2.05) is 20.8 Å². The summed E-state index contributed by atoms with van der Waals surface area (Å²) in [6, 6.07) is 8.01. The quantitative estimate of drug-likeness (QED) is 0.857. The van der Waals surface area contributed by atoms with Gasteiger partial charge >= 0.3 is 0 Å². The summed E-state index contributed by atoms with van der Waals surface area (Å²) in [4.78, 5) is 5.10. The molecular weight excluding hydrogens is 275 g/mol. The first-order chi connectivity index (χ1) is 9.40. The molecule has 0 aliphatic rings. The third-order valence-corrected chi connectivity index (χ3v) is 3.59. The lowest BCUT2D eigenvalue weighted by molar-refractivity contribution is 0.304. The van der Waals surface area contributed by atoms with Crippen LogP contribution in [-0.2, 0) is 12.0 Å². The van der Waals surface area contributed by atoms with Gasteiger partial charge in [0.05, 0.1) is 5.69 Å². The molecule has 5 heteroatoms. The molecule has 0 fully saturated rings. The normalized spacial score (nSPS) is 11.2. The van der Waals surface area contributed by atoms with Crippen LogP contribution in [0.4, 0.5) is 4.39 Å². The Morgan fingerprint density at radius 1 is 1.30 bits per heavy atom. The van der Waals surface area contributed by atoms with Crippen LogP contribution in [0.3, 0.4) is 0 Å². The molecule has 2 aromatic rings. The third-order valence-electron chi connectivity index (χ3n) is 2.66. The van der Waals surface area contributed by atoms with Crippen LogP contribution in [0.1, 0.15) is 36.3 Å². The van der Waals surface area contributed by atoms with E-state index in [9.17, 15) is 4.39 Å². The zero-order chi connectivity index (χ0) is 14.8. The van der Waals surface area contributed by atoms with Crippen molar-refractivity contribution in [3.63, 3.8) is 0 Å². The number of benzene rings is 1. The highest BCUT2D eigenvalue weighted by molar-refractivity contribution is 7.12. The Hall–Kier alpha value is -1.93. The van der Waals surface area contributed by atoms with Gasteiger partial charge in [-0.1, -0.05) is 20.8 Å². The average Bonchev–Trinajstić information content (AvgIpc) is 2.81. The molecule has 1 aromatic heterocycles. The largest absolute Gasteiger partial charge is 0.486 e. The molecule has 0 N–H and O–H groups in total. The summed E-state index contributed by atoms with van der Waals surface area (Å²) in [6.07, 6.45) is 0. The molecule has 0 aliphatic heterocycles. The first-order valence-electron chi connectivity index (χ1n) is 6.19. The topological polar surface area (TPSA) is 45.9 Å². The molecule has 0 radical (unpaired) electrons. The van der Waals surface area contributed by atoms with E-state index in [-0.39, 0.29) is 17.8 Å². The summed E-state index contributed by atoms with van der Waals surface area (Å²) < 4.78 is 18.3. The lowest BCUT2D eigenvalue weighted by Crippen LogP contribution is -2.13. The molecule has 0 unspecified atom stereocenters. The van der Waals surface area contributed by atoms with Crippen molar-refractivity contribution in [2.24, 2.45) is 0 Å². The van der Waals surface area contributed by atoms with E-state index in [0.717, 1.165) is 10.7 Å². The van der Waals surface area contributed by atoms with Gasteiger partial charge in [-0.3, -0.25) is 0 Å². The Balaban J connectivity index is 2.13. The van der Waals surface area contributed by atoms with Crippen LogP contribution < -0.4 is 4.74 Å². The van der Waals surface area contributed by atoms with Crippen molar-refractivity contribution >= 4 is 11.3 Å². The molecular formula is C15H15FN2OS. The number of halogens is 1. The molecule has 20 heavy (non-hydrogen) atoms. The number of nitrogens with zero attached hydrogens (tertiary/aromatic N) is 2. The number of nitriles is 1. The Bertz CT molecular complexity index is 635. The SMILES string of the molecule is CC(C)(C)c1nc(COc2ccc(F)cc2)sc1C#N. The standard InChI is InChI=1S/C15H15FN2OS/c1-15(2,3)14-12(8-17)20-13(18-14)9-19-11-6-4-10(16)5-7-11/h4-7H,9H2,1-3H3. The van der Waals surface area contributed by atoms with Crippen molar-refractivity contribution in [1.82, 2.24) is 4.98 Å². The average molecular weight is 290 g/mol. The minimum atomic E-state index is -0.298. The molecule has 0 atom stereocenters. The third kappa shape index (κ3) is 3.34. The molecule has 3 nitrogen and oxygen atoms in total. The maximum Gasteiger partial charge on any atom is 0.140 e. The van der Waals surface area contributed by atoms with Gasteiger partial charge in [0.25, 0.3) is 0 Å². The second-order valence-corrected chi connectivity index (χ2v) is 6.47. The first kappa shape index (κ1) is 14.5. The fourth-order valence-electron chi connectivity index (χ4n) is 1.69. The fraction of sp³-hybridized carbons (Fsp3) is 0.333. The Kier molecular flexibility index (Phi) is 4.05. The van der Waals surface area contributed by atoms with Gasteiger partial charge in [0.1, 0.15) is 34.1 Å². The number of hydrogen-bond donors (Lipinski definition) is 0. The van der Waals surface area contributed by atoms with Gasteiger partial charge in [-0.25, -0.2) is 9.37 Å². The molecule has 2 rings (SSSR count). The zero-order valence-electron chi connectivity index (χ0n) is 11.6. The molecule has 0 saturated carbocycles. The van der Waals surface area contributed by atoms with Crippen molar-refractivity contribution in [3.05, 3.63) is 45.7 Å². The molecule has 0 bridgehead atoms. The molecule has 104 valence electrons. The Morgan fingerprint density at radius 2 is 1.95 bits per heavy atom. The minimum absolute atomic E-state index is 0.171. The lowest BCUT2D eigenvalue weighted by atomic mass is 9.91. The van der Waals surface area contributed by atoms with Gasteiger partial charge < -0.3 is 4.74 Å². The second-order valence-electron chi connectivity index (χ2n) is 5.39. The number of ether oxygens (including phenoxy) is 1. The van der Waals surface area contributed by atoms with E-state index in [1.54, 1.807) is 12.1 Å². The van der Waals surface area contributed by atoms with Crippen LogP contribution in [0.25, 0.3) is 0 Å². The molecule has 0 saturated heterocycles. The van der Waals surface area contributed by atoms with Gasteiger partial charge in [-0.15, -0.1) is 11.3 Å². The maximum atomic E-state index is 12.8. The van der Waals surface area contributed by atoms with Crippen LogP contribution in [0.15, 0.2) is 24.3 Å². The molecule has 1 aromatic carbocycles. The van der Waals surface area contributed by atoms with Gasteiger partial charge in [0, 0.05) is 5.41 Å². The summed E-state index contributed by atoms with van der Waals surface area (Å²) in [5.41, 5.74) is 0.623. The molecule has 0 spiro atoms. The number of rotatable bonds is 3. The summed E-state index contributed by atoms with van der Waals surface area (Å²) in [6.45, 7) is 6.34. The molecule has 1 heterocycles. The van der Waals surface area contributed by atoms with Gasteiger partial charge in [0.15, 0.2) is 0 Å². The van der Waals surface area contributed by atoms with Crippen LogP contribution in [0.2, 0.25) is 0 Å². The van der Waals surface area contributed by atoms with Crippen LogP contribution >= 0.6 is 11.3 Å². The van der Waals surface area contributed by atoms with Crippen molar-refractivity contribution in [3.8, 4) is 11.8 Å². The lowest BCUT2D eigenvalue weighted by Gasteiger charge is -2.15. The molecule has 0 aliphatic carbocycles. The highest BCUT2D eigenvalue weighted by Crippen LogP contribution is 2.29. The van der Waals surface area contributed by atoms with E-state index >= 15 is 0 Å². The summed E-state index contributed by atoms with van der Waals surface area (Å²) in [7, 11) is 0. The fourth-order valence-corrected chi connectivity index (χ4v) is 2.67. The summed E-state index contributed by atoms with van der Waals surface area (Å²) in [5, 5.41) is 9.89. The van der Waals surface area contributed by atoms with E-state index in [0.29, 0.717) is 10.6 Å². The van der Waals surface area contributed by atoms with Crippen molar-refractivity contribution < 1.29 is 9.13 Å². The van der Waals surface area contributed by atoms with E-state index < -0.39 is 0 Å². The van der Waals surface area contributed by atoms with E-state index in [1.165, 1.54) is 23.5 Å². The maximum absolute atomic E-state index is 12.8. The molecule has 0 amide bonds. The predicted molar refractivity (Wildman–Crippen MR) is 76.3 cm³/mol. The van der Waals surface area contributed by atoms with E-state index in [4.69, 9.17) is 10.00 Å². The smallest absolute Gasteiger partial charge is 0.140 e. The second kappa shape index (κ2) is 5.59. The highest BCUT2D eigenvalue weighted by Gasteiger charge is 2.23. The van der Waals surface area contributed by atoms with E-state index in [2.05, 4.69) is 11.1 Å². The zero-order valence-corrected chi connectivity index (χ0v) is 12.4. The monoisotopic (exact) mass is 290 g/mol. The Labute approximate surface area is 121 Å². The number of aromatic nitrogens is 1. The Morgan fingerprint density at radius 3 is 2.45 bits per heavy atom. The minimum Gasteiger partial charge on any atom is -0.486 e. The van der Waals surface area contributed by atoms with Gasteiger partial charge in [-0.2, -0.15) is 5.26 Å². The number of hydrogen-bond acceptors (Lipinski definition) is 4. The first-order valence-corrected chi connectivity index (χ1v) is 7.00. The van der Waals surface area contributed by atoms with Crippen LogP contribution in [-0.4, -0.2) is 4.98 Å². The highest BCUT2D eigenvalue weighted by atomic mass is 32.1. The number of thiazole rings is 1. The van der Waals surface area contributed by atoms with Crippen molar-refractivity contribution in [1.29, 1.82) is 5.26 Å². The van der Waals surface area contributed by atoms with Crippen molar-refractivity contribution in [2.75, 3.05) is 0 Å². The predicted octanol–water partition coefficient (Wildman–Crippen LogP) is 4.03. The van der Waals surface area contributed by atoms with Crippen LogP contribution in [0, 0.1) is 17.1 Å².